The third kappa shape index (κ3) is 6.53. The van der Waals surface area contributed by atoms with Crippen LogP contribution in [0.25, 0.3) is 0 Å². The molecule has 7 heteroatoms. The molecule has 0 spiro atoms. The predicted molar refractivity (Wildman–Crippen MR) is 117 cm³/mol. The second-order valence-corrected chi connectivity index (χ2v) is 7.65. The number of amides is 1. The molecule has 27 heavy (non-hydrogen) atoms. The second-order valence-electron chi connectivity index (χ2n) is 7.65. The first-order valence-electron chi connectivity index (χ1n) is 9.63. The van der Waals surface area contributed by atoms with Crippen molar-refractivity contribution in [3.8, 4) is 0 Å². The summed E-state index contributed by atoms with van der Waals surface area (Å²) in [5.41, 5.74) is 7.48. The van der Waals surface area contributed by atoms with Crippen molar-refractivity contribution >= 4 is 36.4 Å². The van der Waals surface area contributed by atoms with Crippen LogP contribution in [-0.2, 0) is 11.2 Å². The maximum Gasteiger partial charge on any atom is 0.227 e. The van der Waals surface area contributed by atoms with E-state index in [1.165, 1.54) is 12.8 Å². The average Bonchev–Trinajstić information content (AvgIpc) is 2.93. The third-order valence-corrected chi connectivity index (χ3v) is 5.87. The topological polar surface area (TPSA) is 52.8 Å². The maximum atomic E-state index is 12.5. The van der Waals surface area contributed by atoms with Crippen LogP contribution in [0.5, 0.6) is 0 Å². The summed E-state index contributed by atoms with van der Waals surface area (Å²) in [6.07, 6.45) is 3.13. The van der Waals surface area contributed by atoms with Gasteiger partial charge >= 0.3 is 0 Å². The summed E-state index contributed by atoms with van der Waals surface area (Å²) < 4.78 is 0. The molecule has 2 aliphatic heterocycles. The Hall–Kier alpha value is -1.01. The normalized spacial score (nSPS) is 23.6. The molecule has 2 saturated heterocycles. The van der Waals surface area contributed by atoms with Gasteiger partial charge in [-0.3, -0.25) is 14.6 Å². The van der Waals surface area contributed by atoms with E-state index in [9.17, 15) is 4.79 Å². The number of hydrogen-bond acceptors (Lipinski definition) is 4. The molecule has 2 fully saturated rings. The van der Waals surface area contributed by atoms with Crippen molar-refractivity contribution in [2.24, 2.45) is 0 Å². The van der Waals surface area contributed by atoms with Crippen LogP contribution in [-0.4, -0.2) is 72.0 Å². The number of halogens is 2. The Balaban J connectivity index is 0.00000182. The quantitative estimate of drug-likeness (QED) is 0.749. The summed E-state index contributed by atoms with van der Waals surface area (Å²) >= 11 is 0. The van der Waals surface area contributed by atoms with Crippen molar-refractivity contribution in [1.82, 2.24) is 14.7 Å². The maximum absolute atomic E-state index is 12.5. The van der Waals surface area contributed by atoms with Crippen LogP contribution in [0.4, 0.5) is 5.69 Å². The van der Waals surface area contributed by atoms with Crippen LogP contribution in [0.1, 0.15) is 32.3 Å². The van der Waals surface area contributed by atoms with Gasteiger partial charge in [0.1, 0.15) is 0 Å². The monoisotopic (exact) mass is 416 g/mol. The zero-order valence-corrected chi connectivity index (χ0v) is 18.1. The molecule has 154 valence electrons. The highest BCUT2D eigenvalue weighted by Crippen LogP contribution is 2.22. The Labute approximate surface area is 176 Å². The van der Waals surface area contributed by atoms with Crippen molar-refractivity contribution in [3.63, 3.8) is 0 Å². The van der Waals surface area contributed by atoms with E-state index < -0.39 is 0 Å². The summed E-state index contributed by atoms with van der Waals surface area (Å²) in [6.45, 7) is 10.6. The number of benzene rings is 1. The number of likely N-dealkylation sites (tertiary alicyclic amines) is 1. The summed E-state index contributed by atoms with van der Waals surface area (Å²) in [5, 5.41) is 0. The van der Waals surface area contributed by atoms with E-state index in [0.29, 0.717) is 6.42 Å². The van der Waals surface area contributed by atoms with Gasteiger partial charge in [0, 0.05) is 57.0 Å². The number of piperazine rings is 1. The number of carbonyl (C=O) groups is 1. The van der Waals surface area contributed by atoms with E-state index >= 15 is 0 Å². The molecule has 2 N–H and O–H groups in total. The Bertz CT molecular complexity index is 566. The van der Waals surface area contributed by atoms with E-state index in [2.05, 4.69) is 23.6 Å². The molecule has 0 saturated carbocycles. The Kier molecular flexibility index (Phi) is 9.88. The van der Waals surface area contributed by atoms with Crippen LogP contribution < -0.4 is 5.73 Å². The Morgan fingerprint density at radius 1 is 0.963 bits per heavy atom. The lowest BCUT2D eigenvalue weighted by Crippen LogP contribution is -2.51. The highest BCUT2D eigenvalue weighted by Gasteiger charge is 2.28. The molecule has 5 nitrogen and oxygen atoms in total. The molecular weight excluding hydrogens is 383 g/mol. The molecule has 0 aliphatic carbocycles. The van der Waals surface area contributed by atoms with Gasteiger partial charge in [-0.25, -0.2) is 0 Å². The van der Waals surface area contributed by atoms with E-state index in [1.54, 1.807) is 0 Å². The first-order valence-corrected chi connectivity index (χ1v) is 9.63. The Morgan fingerprint density at radius 2 is 1.52 bits per heavy atom. The fourth-order valence-electron chi connectivity index (χ4n) is 4.09. The third-order valence-electron chi connectivity index (χ3n) is 5.87. The largest absolute Gasteiger partial charge is 0.399 e. The fourth-order valence-corrected chi connectivity index (χ4v) is 4.09. The minimum absolute atomic E-state index is 0. The zero-order valence-electron chi connectivity index (χ0n) is 16.5. The van der Waals surface area contributed by atoms with Crippen LogP contribution in [0.3, 0.4) is 0 Å². The molecule has 2 aliphatic rings. The van der Waals surface area contributed by atoms with Gasteiger partial charge in [0.05, 0.1) is 6.42 Å². The molecule has 2 heterocycles. The van der Waals surface area contributed by atoms with Crippen LogP contribution >= 0.6 is 24.8 Å². The fraction of sp³-hybridized carbons (Fsp3) is 0.650. The minimum Gasteiger partial charge on any atom is -0.399 e. The van der Waals surface area contributed by atoms with Crippen molar-refractivity contribution in [2.75, 3.05) is 45.0 Å². The van der Waals surface area contributed by atoms with Crippen molar-refractivity contribution in [1.29, 1.82) is 0 Å². The number of nitrogens with zero attached hydrogens (tertiary/aromatic N) is 3. The number of anilines is 1. The van der Waals surface area contributed by atoms with Gasteiger partial charge in [-0.05, 0) is 44.4 Å². The second kappa shape index (κ2) is 11.1. The summed E-state index contributed by atoms with van der Waals surface area (Å²) in [7, 11) is 0. The van der Waals surface area contributed by atoms with Crippen molar-refractivity contribution in [2.45, 2.75) is 45.2 Å². The molecule has 0 bridgehead atoms. The van der Waals surface area contributed by atoms with Gasteiger partial charge < -0.3 is 10.6 Å². The first kappa shape index (κ1) is 24.0. The van der Waals surface area contributed by atoms with E-state index in [-0.39, 0.29) is 30.7 Å². The predicted octanol–water partition coefficient (Wildman–Crippen LogP) is 2.67. The number of nitrogen functional groups attached to an aromatic ring is 1. The van der Waals surface area contributed by atoms with Crippen molar-refractivity contribution in [3.05, 3.63) is 29.8 Å². The highest BCUT2D eigenvalue weighted by molar-refractivity contribution is 5.85. The summed E-state index contributed by atoms with van der Waals surface area (Å²) in [4.78, 5) is 19.6. The highest BCUT2D eigenvalue weighted by atomic mass is 35.5. The number of carbonyl (C=O) groups excluding carboxylic acids is 1. The number of nitrogens with two attached hydrogens (primary N) is 1. The van der Waals surface area contributed by atoms with Gasteiger partial charge in [0.15, 0.2) is 0 Å². The van der Waals surface area contributed by atoms with Gasteiger partial charge in [0.25, 0.3) is 0 Å². The molecule has 0 radical (unpaired) electrons. The average molecular weight is 417 g/mol. The van der Waals surface area contributed by atoms with Gasteiger partial charge in [0.2, 0.25) is 5.91 Å². The van der Waals surface area contributed by atoms with E-state index in [4.69, 9.17) is 5.73 Å². The zero-order chi connectivity index (χ0) is 17.8. The van der Waals surface area contributed by atoms with Crippen LogP contribution in [0.15, 0.2) is 24.3 Å². The molecule has 1 amide bonds. The van der Waals surface area contributed by atoms with E-state index in [1.807, 2.05) is 29.2 Å². The molecule has 1 aromatic carbocycles. The lowest BCUT2D eigenvalue weighted by atomic mass is 10.1. The van der Waals surface area contributed by atoms with Crippen LogP contribution in [0, 0.1) is 0 Å². The van der Waals surface area contributed by atoms with Crippen molar-refractivity contribution < 1.29 is 4.79 Å². The first-order chi connectivity index (χ1) is 12.0. The van der Waals surface area contributed by atoms with Crippen LogP contribution in [0.2, 0.25) is 0 Å². The number of rotatable bonds is 5. The molecule has 3 rings (SSSR count). The lowest BCUT2D eigenvalue weighted by Gasteiger charge is -2.36. The number of hydrogen-bond donors (Lipinski definition) is 1. The summed E-state index contributed by atoms with van der Waals surface area (Å²) in [5.74, 6) is 0.228. The van der Waals surface area contributed by atoms with Gasteiger partial charge in [-0.2, -0.15) is 0 Å². The SMILES string of the molecule is CC1CCC(C)N1CCN1CCN(C(=O)Cc2ccc(N)cc2)CC1.Cl.Cl. The minimum atomic E-state index is 0. The summed E-state index contributed by atoms with van der Waals surface area (Å²) in [6, 6.07) is 9.06. The molecule has 1 aromatic rings. The molecule has 0 aromatic heterocycles. The molecule has 2 atom stereocenters. The molecule has 2 unspecified atom stereocenters. The molecular formula is C20H34Cl2N4O. The van der Waals surface area contributed by atoms with Gasteiger partial charge in [-0.15, -0.1) is 24.8 Å². The Morgan fingerprint density at radius 3 is 2.07 bits per heavy atom. The smallest absolute Gasteiger partial charge is 0.227 e. The lowest BCUT2D eigenvalue weighted by molar-refractivity contribution is -0.132. The standard InChI is InChI=1S/C20H32N4O.2ClH/c1-16-3-4-17(2)24(16)14-11-22-9-12-23(13-10-22)20(25)15-18-5-7-19(21)8-6-18;;/h5-8,16-17H,3-4,9-15,21H2,1-2H3;2*1H. The van der Waals surface area contributed by atoms with Gasteiger partial charge in [-0.1, -0.05) is 12.1 Å². The van der Waals surface area contributed by atoms with E-state index in [0.717, 1.165) is 62.6 Å².